The average molecular weight is 239 g/mol. The molecule has 0 radical (unpaired) electrons. The number of ether oxygens (including phenoxy) is 1. The number of benzene rings is 1. The first-order chi connectivity index (χ1) is 8.13. The van der Waals surface area contributed by atoms with Gasteiger partial charge in [-0.25, -0.2) is 4.39 Å². The maximum absolute atomic E-state index is 13.2. The third-order valence-corrected chi connectivity index (χ3v) is 2.43. The van der Waals surface area contributed by atoms with Gasteiger partial charge < -0.3 is 10.1 Å². The van der Waals surface area contributed by atoms with E-state index in [1.54, 1.807) is 12.1 Å². The maximum atomic E-state index is 13.2. The van der Waals surface area contributed by atoms with Crippen molar-refractivity contribution in [2.75, 3.05) is 19.7 Å². The molecule has 1 N–H and O–H groups in total. The molecular weight excluding hydrogens is 217 g/mol. The molecule has 0 aliphatic carbocycles. The molecule has 96 valence electrons. The molecule has 0 bridgehead atoms. The van der Waals surface area contributed by atoms with Crippen molar-refractivity contribution in [3.63, 3.8) is 0 Å². The lowest BCUT2D eigenvalue weighted by atomic mass is 10.1. The number of rotatable bonds is 7. The summed E-state index contributed by atoms with van der Waals surface area (Å²) in [5.74, 6) is 0.268. The van der Waals surface area contributed by atoms with Gasteiger partial charge in [0.05, 0.1) is 6.10 Å². The van der Waals surface area contributed by atoms with Crippen LogP contribution in [0.5, 0.6) is 0 Å². The van der Waals surface area contributed by atoms with Gasteiger partial charge in [-0.05, 0) is 30.2 Å². The molecule has 0 spiro atoms. The Kier molecular flexibility index (Phi) is 6.16. The molecule has 0 amide bonds. The summed E-state index contributed by atoms with van der Waals surface area (Å²) >= 11 is 0. The smallest absolute Gasteiger partial charge is 0.123 e. The molecule has 1 aromatic carbocycles. The fourth-order valence-corrected chi connectivity index (χ4v) is 1.56. The molecule has 0 fully saturated rings. The van der Waals surface area contributed by atoms with E-state index in [9.17, 15) is 4.39 Å². The SMILES string of the molecule is CCNCC(OCC(C)C)c1cccc(F)c1. The molecule has 1 rings (SSSR count). The van der Waals surface area contributed by atoms with Crippen LogP contribution in [0.25, 0.3) is 0 Å². The van der Waals surface area contributed by atoms with Gasteiger partial charge in [-0.1, -0.05) is 32.9 Å². The van der Waals surface area contributed by atoms with Gasteiger partial charge in [0.1, 0.15) is 5.82 Å². The summed E-state index contributed by atoms with van der Waals surface area (Å²) in [6.45, 7) is 8.55. The molecule has 3 heteroatoms. The van der Waals surface area contributed by atoms with Gasteiger partial charge in [-0.15, -0.1) is 0 Å². The van der Waals surface area contributed by atoms with Crippen molar-refractivity contribution in [2.24, 2.45) is 5.92 Å². The molecule has 17 heavy (non-hydrogen) atoms. The van der Waals surface area contributed by atoms with E-state index < -0.39 is 0 Å². The first-order valence-corrected chi connectivity index (χ1v) is 6.21. The minimum absolute atomic E-state index is 0.0759. The normalized spacial score (nSPS) is 13.0. The quantitative estimate of drug-likeness (QED) is 0.789. The van der Waals surface area contributed by atoms with E-state index in [0.29, 0.717) is 19.1 Å². The zero-order valence-corrected chi connectivity index (χ0v) is 10.9. The fourth-order valence-electron chi connectivity index (χ4n) is 1.56. The van der Waals surface area contributed by atoms with Crippen molar-refractivity contribution in [2.45, 2.75) is 26.9 Å². The minimum Gasteiger partial charge on any atom is -0.372 e. The summed E-state index contributed by atoms with van der Waals surface area (Å²) < 4.78 is 19.0. The van der Waals surface area contributed by atoms with E-state index in [2.05, 4.69) is 19.2 Å². The zero-order valence-electron chi connectivity index (χ0n) is 10.9. The number of hydrogen-bond acceptors (Lipinski definition) is 2. The van der Waals surface area contributed by atoms with Gasteiger partial charge in [-0.2, -0.15) is 0 Å². The molecule has 2 nitrogen and oxygen atoms in total. The Hall–Kier alpha value is -0.930. The Morgan fingerprint density at radius 2 is 2.12 bits per heavy atom. The monoisotopic (exact) mass is 239 g/mol. The summed E-state index contributed by atoms with van der Waals surface area (Å²) in [6.07, 6.45) is -0.0759. The largest absolute Gasteiger partial charge is 0.372 e. The summed E-state index contributed by atoms with van der Waals surface area (Å²) in [4.78, 5) is 0. The van der Waals surface area contributed by atoms with Crippen LogP contribution in [0.15, 0.2) is 24.3 Å². The lowest BCUT2D eigenvalue weighted by molar-refractivity contribution is 0.0353. The van der Waals surface area contributed by atoms with Crippen molar-refractivity contribution in [1.29, 1.82) is 0 Å². The number of halogens is 1. The summed E-state index contributed by atoms with van der Waals surface area (Å²) in [6, 6.07) is 6.63. The van der Waals surface area contributed by atoms with Crippen molar-refractivity contribution < 1.29 is 9.13 Å². The Balaban J connectivity index is 2.67. The summed E-state index contributed by atoms with van der Waals surface area (Å²) in [5, 5.41) is 3.24. The van der Waals surface area contributed by atoms with E-state index in [1.165, 1.54) is 6.07 Å². The Bertz CT molecular complexity index is 328. The number of likely N-dealkylation sites (N-methyl/N-ethyl adjacent to an activating group) is 1. The van der Waals surface area contributed by atoms with E-state index in [0.717, 1.165) is 12.1 Å². The molecule has 0 saturated carbocycles. The first kappa shape index (κ1) is 14.1. The Labute approximate surface area is 103 Å². The van der Waals surface area contributed by atoms with Crippen LogP contribution >= 0.6 is 0 Å². The van der Waals surface area contributed by atoms with E-state index in [4.69, 9.17) is 4.74 Å². The summed E-state index contributed by atoms with van der Waals surface area (Å²) in [5.41, 5.74) is 0.895. The van der Waals surface area contributed by atoms with Crippen LogP contribution in [-0.4, -0.2) is 19.7 Å². The molecule has 1 aromatic rings. The first-order valence-electron chi connectivity index (χ1n) is 6.21. The molecule has 1 atom stereocenters. The van der Waals surface area contributed by atoms with E-state index in [-0.39, 0.29) is 11.9 Å². The van der Waals surface area contributed by atoms with Crippen LogP contribution < -0.4 is 5.32 Å². The topological polar surface area (TPSA) is 21.3 Å². The molecule has 1 unspecified atom stereocenters. The van der Waals surface area contributed by atoms with Gasteiger partial charge in [0.25, 0.3) is 0 Å². The molecule has 0 aromatic heterocycles. The van der Waals surface area contributed by atoms with Crippen LogP contribution in [-0.2, 0) is 4.74 Å². The minimum atomic E-state index is -0.211. The van der Waals surface area contributed by atoms with Gasteiger partial charge in [0.15, 0.2) is 0 Å². The third-order valence-electron chi connectivity index (χ3n) is 2.43. The highest BCUT2D eigenvalue weighted by Gasteiger charge is 2.12. The van der Waals surface area contributed by atoms with Gasteiger partial charge in [0, 0.05) is 13.2 Å². The zero-order chi connectivity index (χ0) is 12.7. The van der Waals surface area contributed by atoms with Crippen molar-refractivity contribution in [1.82, 2.24) is 5.32 Å². The lowest BCUT2D eigenvalue weighted by Crippen LogP contribution is -2.24. The second kappa shape index (κ2) is 7.41. The average Bonchev–Trinajstić information content (AvgIpc) is 2.29. The molecule has 0 saturated heterocycles. The maximum Gasteiger partial charge on any atom is 0.123 e. The van der Waals surface area contributed by atoms with Crippen LogP contribution in [0.1, 0.15) is 32.4 Å². The highest BCUT2D eigenvalue weighted by atomic mass is 19.1. The van der Waals surface area contributed by atoms with Gasteiger partial charge in [-0.3, -0.25) is 0 Å². The second-order valence-corrected chi connectivity index (χ2v) is 4.58. The Morgan fingerprint density at radius 3 is 2.71 bits per heavy atom. The lowest BCUT2D eigenvalue weighted by Gasteiger charge is -2.20. The highest BCUT2D eigenvalue weighted by Crippen LogP contribution is 2.18. The van der Waals surface area contributed by atoms with E-state index >= 15 is 0 Å². The highest BCUT2D eigenvalue weighted by molar-refractivity contribution is 5.19. The second-order valence-electron chi connectivity index (χ2n) is 4.58. The van der Waals surface area contributed by atoms with Crippen molar-refractivity contribution in [3.05, 3.63) is 35.6 Å². The van der Waals surface area contributed by atoms with Crippen LogP contribution in [0.3, 0.4) is 0 Å². The predicted molar refractivity (Wildman–Crippen MR) is 68.5 cm³/mol. The van der Waals surface area contributed by atoms with Gasteiger partial charge in [0.2, 0.25) is 0 Å². The summed E-state index contributed by atoms with van der Waals surface area (Å²) in [7, 11) is 0. The van der Waals surface area contributed by atoms with E-state index in [1.807, 2.05) is 13.0 Å². The third kappa shape index (κ3) is 5.29. The Morgan fingerprint density at radius 1 is 1.35 bits per heavy atom. The molecule has 0 heterocycles. The predicted octanol–water partition coefficient (Wildman–Crippen LogP) is 3.15. The molecule has 0 aliphatic heterocycles. The number of nitrogens with one attached hydrogen (secondary N) is 1. The van der Waals surface area contributed by atoms with Crippen LogP contribution in [0.2, 0.25) is 0 Å². The fraction of sp³-hybridized carbons (Fsp3) is 0.571. The van der Waals surface area contributed by atoms with Gasteiger partial charge >= 0.3 is 0 Å². The van der Waals surface area contributed by atoms with Crippen molar-refractivity contribution >= 4 is 0 Å². The van der Waals surface area contributed by atoms with Crippen LogP contribution in [0.4, 0.5) is 4.39 Å². The number of hydrogen-bond donors (Lipinski definition) is 1. The van der Waals surface area contributed by atoms with Crippen molar-refractivity contribution in [3.8, 4) is 0 Å². The standard InChI is InChI=1S/C14H22FNO/c1-4-16-9-14(17-10-11(2)3)12-6-5-7-13(15)8-12/h5-8,11,14,16H,4,9-10H2,1-3H3. The molecular formula is C14H22FNO. The van der Waals surface area contributed by atoms with Crippen LogP contribution in [0, 0.1) is 11.7 Å². The molecule has 0 aliphatic rings.